The second-order valence-electron chi connectivity index (χ2n) is 6.23. The number of anilines is 1. The van der Waals surface area contributed by atoms with Crippen LogP contribution >= 0.6 is 0 Å². The molecule has 0 saturated carbocycles. The van der Waals surface area contributed by atoms with Gasteiger partial charge in [0.2, 0.25) is 0 Å². The topological polar surface area (TPSA) is 216 Å². The highest BCUT2D eigenvalue weighted by atomic mass is 32.2. The van der Waals surface area contributed by atoms with Gasteiger partial charge in [0.25, 0.3) is 10.1 Å². The van der Waals surface area contributed by atoms with Gasteiger partial charge in [-0.05, 0) is 50.1 Å². The first-order valence-electron chi connectivity index (χ1n) is 8.85. The SMILES string of the molecule is C#C.C/C(N)=C(C)\C=C(\N)COCCCS(=O)(=O)O.Nc1cc(C(=O)O)cc(C(=O)O)c1. The van der Waals surface area contributed by atoms with Gasteiger partial charge in [-0.3, -0.25) is 4.55 Å². The van der Waals surface area contributed by atoms with Crippen LogP contribution in [0.15, 0.2) is 41.2 Å². The molecule has 11 nitrogen and oxygen atoms in total. The molecule has 178 valence electrons. The van der Waals surface area contributed by atoms with E-state index in [9.17, 15) is 18.0 Å². The van der Waals surface area contributed by atoms with Crippen molar-refractivity contribution in [3.63, 3.8) is 0 Å². The Kier molecular flexibility index (Phi) is 14.7. The van der Waals surface area contributed by atoms with E-state index in [1.807, 2.05) is 6.92 Å². The van der Waals surface area contributed by atoms with Gasteiger partial charge in [0.1, 0.15) is 0 Å². The van der Waals surface area contributed by atoms with Gasteiger partial charge in [0, 0.05) is 23.7 Å². The minimum absolute atomic E-state index is 0.123. The van der Waals surface area contributed by atoms with Gasteiger partial charge in [-0.2, -0.15) is 8.42 Å². The Labute approximate surface area is 187 Å². The smallest absolute Gasteiger partial charge is 0.335 e. The third-order valence-electron chi connectivity index (χ3n) is 3.43. The minimum atomic E-state index is -3.90. The number of hydrogen-bond acceptors (Lipinski definition) is 8. The Balaban J connectivity index is 0. The molecule has 0 spiro atoms. The van der Waals surface area contributed by atoms with Crippen LogP contribution in [-0.2, 0) is 14.9 Å². The third kappa shape index (κ3) is 15.3. The molecule has 0 amide bonds. The summed E-state index contributed by atoms with van der Waals surface area (Å²) in [4.78, 5) is 21.0. The molecule has 1 aromatic carbocycles. The molecule has 0 bridgehead atoms. The van der Waals surface area contributed by atoms with Crippen LogP contribution in [0.4, 0.5) is 5.69 Å². The Morgan fingerprint density at radius 3 is 1.91 bits per heavy atom. The monoisotopic (exact) mass is 471 g/mol. The Morgan fingerprint density at radius 1 is 1.06 bits per heavy atom. The van der Waals surface area contributed by atoms with Gasteiger partial charge in [0.15, 0.2) is 0 Å². The molecule has 0 atom stereocenters. The fourth-order valence-electron chi connectivity index (χ4n) is 1.87. The zero-order valence-corrected chi connectivity index (χ0v) is 18.6. The first-order valence-corrected chi connectivity index (χ1v) is 10.5. The van der Waals surface area contributed by atoms with E-state index >= 15 is 0 Å². The molecule has 0 aliphatic carbocycles. The number of rotatable bonds is 9. The van der Waals surface area contributed by atoms with Crippen molar-refractivity contribution in [2.45, 2.75) is 20.3 Å². The van der Waals surface area contributed by atoms with Crippen LogP contribution < -0.4 is 17.2 Å². The lowest BCUT2D eigenvalue weighted by molar-refractivity contribution is 0.0696. The highest BCUT2D eigenvalue weighted by Gasteiger charge is 2.09. The lowest BCUT2D eigenvalue weighted by atomic mass is 10.1. The summed E-state index contributed by atoms with van der Waals surface area (Å²) < 4.78 is 34.4. The van der Waals surface area contributed by atoms with Gasteiger partial charge in [-0.25, -0.2) is 9.59 Å². The summed E-state index contributed by atoms with van der Waals surface area (Å²) in [5, 5.41) is 17.1. The molecule has 0 heterocycles. The van der Waals surface area contributed by atoms with Crippen LogP contribution in [0, 0.1) is 12.8 Å². The summed E-state index contributed by atoms with van der Waals surface area (Å²) in [6, 6.07) is 3.46. The number of benzene rings is 1. The largest absolute Gasteiger partial charge is 0.478 e. The van der Waals surface area contributed by atoms with Gasteiger partial charge in [0.05, 0.1) is 23.5 Å². The van der Waals surface area contributed by atoms with Crippen molar-refractivity contribution in [3.05, 3.63) is 52.4 Å². The van der Waals surface area contributed by atoms with E-state index in [0.717, 1.165) is 11.6 Å². The average Bonchev–Trinajstić information content (AvgIpc) is 2.68. The fourth-order valence-corrected chi connectivity index (χ4v) is 2.35. The molecule has 12 heteroatoms. The molecule has 0 aliphatic heterocycles. The van der Waals surface area contributed by atoms with Crippen molar-refractivity contribution < 1.29 is 37.5 Å². The Bertz CT molecular complexity index is 930. The summed E-state index contributed by atoms with van der Waals surface area (Å²) >= 11 is 0. The lowest BCUT2D eigenvalue weighted by Crippen LogP contribution is -2.11. The van der Waals surface area contributed by atoms with E-state index in [2.05, 4.69) is 12.8 Å². The van der Waals surface area contributed by atoms with E-state index in [1.165, 1.54) is 12.1 Å². The molecule has 32 heavy (non-hydrogen) atoms. The number of carbonyl (C=O) groups is 2. The van der Waals surface area contributed by atoms with Gasteiger partial charge in [-0.15, -0.1) is 12.8 Å². The summed E-state index contributed by atoms with van der Waals surface area (Å²) in [5.74, 6) is -2.71. The maximum Gasteiger partial charge on any atom is 0.335 e. The van der Waals surface area contributed by atoms with Crippen LogP contribution in [0.1, 0.15) is 41.0 Å². The van der Waals surface area contributed by atoms with Crippen molar-refractivity contribution in [2.75, 3.05) is 24.7 Å². The van der Waals surface area contributed by atoms with Crippen LogP contribution in [0.5, 0.6) is 0 Å². The number of nitrogen functional groups attached to an aromatic ring is 1. The first kappa shape index (κ1) is 30.7. The number of carboxylic acid groups (broad SMARTS) is 2. The molecule has 0 aromatic heterocycles. The maximum absolute atomic E-state index is 10.5. The van der Waals surface area contributed by atoms with Gasteiger partial charge >= 0.3 is 11.9 Å². The molecule has 0 radical (unpaired) electrons. The van der Waals surface area contributed by atoms with Crippen molar-refractivity contribution in [1.82, 2.24) is 0 Å². The van der Waals surface area contributed by atoms with Crippen LogP contribution in [-0.4, -0.2) is 54.1 Å². The van der Waals surface area contributed by atoms with Crippen molar-refractivity contribution in [1.29, 1.82) is 0 Å². The Morgan fingerprint density at radius 2 is 1.53 bits per heavy atom. The zero-order chi connectivity index (χ0) is 25.5. The van der Waals surface area contributed by atoms with Crippen molar-refractivity contribution in [3.8, 4) is 12.8 Å². The second kappa shape index (κ2) is 15.3. The number of terminal acetylenes is 1. The van der Waals surface area contributed by atoms with Gasteiger partial charge < -0.3 is 32.2 Å². The number of aromatic carboxylic acids is 2. The molecule has 9 N–H and O–H groups in total. The van der Waals surface area contributed by atoms with E-state index in [4.69, 9.17) is 36.7 Å². The van der Waals surface area contributed by atoms with Crippen LogP contribution in [0.2, 0.25) is 0 Å². The second-order valence-corrected chi connectivity index (χ2v) is 7.80. The Hall–Kier alpha value is -3.53. The summed E-state index contributed by atoms with van der Waals surface area (Å²) in [6.45, 7) is 4.03. The van der Waals surface area contributed by atoms with Crippen molar-refractivity contribution >= 4 is 27.7 Å². The molecule has 0 saturated heterocycles. The molecule has 1 aromatic rings. The lowest BCUT2D eigenvalue weighted by Gasteiger charge is -2.05. The maximum atomic E-state index is 10.5. The normalized spacial score (nSPS) is 11.7. The standard InChI is InChI=1S/C10H20N2O4S.C8H7NO4.C2H2/c1-8(9(2)11)6-10(12)7-16-4-3-5-17(13,14)15;9-6-2-4(7(10)11)1-5(3-6)8(12)13;1-2/h6H,3-5,7,11-12H2,1-2H3,(H,13,14,15);1-3H,9H2,(H,10,11)(H,12,13);1-2H/b9-8+,10-6+;;. The number of hydrogen-bond donors (Lipinski definition) is 6. The van der Waals surface area contributed by atoms with Crippen LogP contribution in [0.3, 0.4) is 0 Å². The highest BCUT2D eigenvalue weighted by Crippen LogP contribution is 2.12. The first-order chi connectivity index (χ1) is 14.7. The molecule has 1 rings (SSSR count). The molecule has 0 unspecified atom stereocenters. The molecule has 0 fully saturated rings. The zero-order valence-electron chi connectivity index (χ0n) is 17.8. The number of carboxylic acids is 2. The van der Waals surface area contributed by atoms with E-state index in [0.29, 0.717) is 11.4 Å². The highest BCUT2D eigenvalue weighted by molar-refractivity contribution is 7.85. The number of allylic oxidation sites excluding steroid dienone is 3. The molecule has 0 aliphatic rings. The van der Waals surface area contributed by atoms with E-state index in [-0.39, 0.29) is 42.2 Å². The predicted octanol–water partition coefficient (Wildman–Crippen LogP) is 1.29. The quantitative estimate of drug-likeness (QED) is 0.0991. The summed E-state index contributed by atoms with van der Waals surface area (Å²) in [7, 11) is -3.90. The summed E-state index contributed by atoms with van der Waals surface area (Å²) in [6.07, 6.45) is 9.94. The summed E-state index contributed by atoms with van der Waals surface area (Å²) in [5.41, 5.74) is 18.4. The fraction of sp³-hybridized carbons (Fsp3) is 0.300. The van der Waals surface area contributed by atoms with E-state index in [1.54, 1.807) is 13.0 Å². The molecular weight excluding hydrogens is 442 g/mol. The third-order valence-corrected chi connectivity index (χ3v) is 4.24. The van der Waals surface area contributed by atoms with Gasteiger partial charge in [-0.1, -0.05) is 0 Å². The van der Waals surface area contributed by atoms with Crippen LogP contribution in [0.25, 0.3) is 0 Å². The minimum Gasteiger partial charge on any atom is -0.478 e. The predicted molar refractivity (Wildman–Crippen MR) is 121 cm³/mol. The van der Waals surface area contributed by atoms with E-state index < -0.39 is 22.1 Å². The van der Waals surface area contributed by atoms with Crippen molar-refractivity contribution in [2.24, 2.45) is 11.5 Å². The molecular formula is C20H29N3O8S. The number of ether oxygens (including phenoxy) is 1. The number of nitrogens with two attached hydrogens (primary N) is 3. The average molecular weight is 472 g/mol.